The maximum Gasteiger partial charge on any atom is 0.254 e. The van der Waals surface area contributed by atoms with Crippen molar-refractivity contribution in [1.29, 1.82) is 0 Å². The van der Waals surface area contributed by atoms with Crippen molar-refractivity contribution in [2.75, 3.05) is 26.2 Å². The van der Waals surface area contributed by atoms with Crippen molar-refractivity contribution in [1.82, 2.24) is 9.88 Å². The highest BCUT2D eigenvalue weighted by atomic mass is 19.1. The van der Waals surface area contributed by atoms with Crippen LogP contribution in [0.25, 0.3) is 0 Å². The molecule has 114 valence electrons. The van der Waals surface area contributed by atoms with Crippen molar-refractivity contribution in [3.05, 3.63) is 65.7 Å². The minimum Gasteiger partial charge on any atom is -0.327 e. The second-order valence-electron chi connectivity index (χ2n) is 5.55. The molecule has 0 saturated carbocycles. The van der Waals surface area contributed by atoms with Gasteiger partial charge in [0, 0.05) is 11.8 Å². The molecule has 22 heavy (non-hydrogen) atoms. The maximum atomic E-state index is 12.9. The average molecular weight is 300 g/mol. The van der Waals surface area contributed by atoms with Gasteiger partial charge in [-0.15, -0.1) is 0 Å². The van der Waals surface area contributed by atoms with E-state index in [0.717, 1.165) is 38.4 Å². The summed E-state index contributed by atoms with van der Waals surface area (Å²) in [6.07, 6.45) is 1.81. The third-order valence-electron chi connectivity index (χ3n) is 4.01. The number of hydrogen-bond donors (Lipinski definition) is 1. The van der Waals surface area contributed by atoms with E-state index in [1.54, 1.807) is 12.1 Å². The number of amides is 1. The standard InChI is InChI=1S/C17H18FN3O/c18-15-6-4-14(5-7-15)17(22)21-11-9-20(10-12-21)13-16-3-1-2-8-19-16/h1-8H,9-13H2/p+1. The minimum absolute atomic E-state index is 0.0168. The Morgan fingerprint density at radius 1 is 1.14 bits per heavy atom. The van der Waals surface area contributed by atoms with Crippen molar-refractivity contribution in [2.45, 2.75) is 6.54 Å². The van der Waals surface area contributed by atoms with E-state index < -0.39 is 0 Å². The monoisotopic (exact) mass is 300 g/mol. The first kappa shape index (κ1) is 14.7. The molecule has 1 fully saturated rings. The molecule has 0 bridgehead atoms. The largest absolute Gasteiger partial charge is 0.327 e. The number of rotatable bonds is 3. The summed E-state index contributed by atoms with van der Waals surface area (Å²) in [5.74, 6) is -0.335. The second kappa shape index (κ2) is 6.66. The summed E-state index contributed by atoms with van der Waals surface area (Å²) >= 11 is 0. The Labute approximate surface area is 129 Å². The number of nitrogens with zero attached hydrogens (tertiary/aromatic N) is 2. The SMILES string of the molecule is O=C(c1ccc(F)cc1)N1CC[NH+](Cc2ccccn2)CC1. The molecule has 3 rings (SSSR count). The molecule has 0 atom stereocenters. The van der Waals surface area contributed by atoms with Gasteiger partial charge in [0.05, 0.1) is 31.9 Å². The molecule has 1 aliphatic heterocycles. The number of benzene rings is 1. The van der Waals surface area contributed by atoms with Crippen LogP contribution in [0.4, 0.5) is 4.39 Å². The quantitative estimate of drug-likeness (QED) is 0.909. The van der Waals surface area contributed by atoms with Crippen molar-refractivity contribution in [2.24, 2.45) is 0 Å². The molecule has 1 aromatic heterocycles. The number of pyridine rings is 1. The summed E-state index contributed by atoms with van der Waals surface area (Å²) in [6.45, 7) is 4.14. The van der Waals surface area contributed by atoms with Crippen LogP contribution in [-0.2, 0) is 6.54 Å². The molecule has 5 heteroatoms. The van der Waals surface area contributed by atoms with E-state index in [1.165, 1.54) is 17.0 Å². The third kappa shape index (κ3) is 3.49. The molecule has 4 nitrogen and oxygen atoms in total. The Bertz CT molecular complexity index is 622. The topological polar surface area (TPSA) is 37.6 Å². The lowest BCUT2D eigenvalue weighted by atomic mass is 10.1. The Morgan fingerprint density at radius 2 is 1.86 bits per heavy atom. The lowest BCUT2D eigenvalue weighted by molar-refractivity contribution is -0.917. The van der Waals surface area contributed by atoms with Gasteiger partial charge in [0.2, 0.25) is 0 Å². The van der Waals surface area contributed by atoms with E-state index in [4.69, 9.17) is 0 Å². The Hall–Kier alpha value is -2.27. The lowest BCUT2D eigenvalue weighted by Gasteiger charge is -2.32. The lowest BCUT2D eigenvalue weighted by Crippen LogP contribution is -3.13. The van der Waals surface area contributed by atoms with Crippen LogP contribution < -0.4 is 4.90 Å². The van der Waals surface area contributed by atoms with Crippen LogP contribution in [0.1, 0.15) is 16.1 Å². The number of carbonyl (C=O) groups is 1. The van der Waals surface area contributed by atoms with E-state index in [-0.39, 0.29) is 11.7 Å². The van der Waals surface area contributed by atoms with Gasteiger partial charge in [0.1, 0.15) is 12.4 Å². The maximum absolute atomic E-state index is 12.9. The molecule has 2 heterocycles. The summed E-state index contributed by atoms with van der Waals surface area (Å²) in [7, 11) is 0. The molecule has 1 amide bonds. The number of aromatic nitrogens is 1. The van der Waals surface area contributed by atoms with Crippen LogP contribution in [0.3, 0.4) is 0 Å². The van der Waals surface area contributed by atoms with Crippen molar-refractivity contribution in [3.63, 3.8) is 0 Å². The number of quaternary nitrogens is 1. The first-order valence-corrected chi connectivity index (χ1v) is 7.51. The summed E-state index contributed by atoms with van der Waals surface area (Å²) in [6, 6.07) is 11.7. The second-order valence-corrected chi connectivity index (χ2v) is 5.55. The number of nitrogens with one attached hydrogen (secondary N) is 1. The summed E-state index contributed by atoms with van der Waals surface area (Å²) in [4.78, 5) is 20.0. The van der Waals surface area contributed by atoms with Gasteiger partial charge in [0.15, 0.2) is 0 Å². The smallest absolute Gasteiger partial charge is 0.254 e. The molecular weight excluding hydrogens is 281 g/mol. The highest BCUT2D eigenvalue weighted by Gasteiger charge is 2.24. The van der Waals surface area contributed by atoms with Gasteiger partial charge in [-0.05, 0) is 36.4 Å². The summed E-state index contributed by atoms with van der Waals surface area (Å²) in [5, 5.41) is 0. The van der Waals surface area contributed by atoms with E-state index in [9.17, 15) is 9.18 Å². The molecule has 1 saturated heterocycles. The van der Waals surface area contributed by atoms with Crippen LogP contribution >= 0.6 is 0 Å². The van der Waals surface area contributed by atoms with Crippen LogP contribution in [-0.4, -0.2) is 42.0 Å². The van der Waals surface area contributed by atoms with E-state index in [0.29, 0.717) is 5.56 Å². The molecular formula is C17H19FN3O+. The molecule has 2 aromatic rings. The molecule has 0 spiro atoms. The molecule has 1 aliphatic rings. The molecule has 0 unspecified atom stereocenters. The molecule has 0 aliphatic carbocycles. The summed E-state index contributed by atoms with van der Waals surface area (Å²) < 4.78 is 12.9. The van der Waals surface area contributed by atoms with Gasteiger partial charge < -0.3 is 9.80 Å². The van der Waals surface area contributed by atoms with Gasteiger partial charge >= 0.3 is 0 Å². The zero-order chi connectivity index (χ0) is 15.4. The van der Waals surface area contributed by atoms with Gasteiger partial charge in [-0.1, -0.05) is 6.07 Å². The fourth-order valence-corrected chi connectivity index (χ4v) is 2.74. The van der Waals surface area contributed by atoms with E-state index in [1.807, 2.05) is 29.3 Å². The first-order chi connectivity index (χ1) is 10.7. The van der Waals surface area contributed by atoms with Gasteiger partial charge in [0.25, 0.3) is 5.91 Å². The van der Waals surface area contributed by atoms with Crippen LogP contribution in [0.15, 0.2) is 48.7 Å². The zero-order valence-corrected chi connectivity index (χ0v) is 12.3. The number of carbonyl (C=O) groups excluding carboxylic acids is 1. The Kier molecular flexibility index (Phi) is 4.44. The average Bonchev–Trinajstić information content (AvgIpc) is 2.57. The fraction of sp³-hybridized carbons (Fsp3) is 0.294. The molecule has 1 aromatic carbocycles. The van der Waals surface area contributed by atoms with Gasteiger partial charge in [-0.2, -0.15) is 0 Å². The fourth-order valence-electron chi connectivity index (χ4n) is 2.74. The van der Waals surface area contributed by atoms with E-state index >= 15 is 0 Å². The Balaban J connectivity index is 1.55. The van der Waals surface area contributed by atoms with Gasteiger partial charge in [-0.3, -0.25) is 9.78 Å². The van der Waals surface area contributed by atoms with E-state index in [2.05, 4.69) is 4.98 Å². The summed E-state index contributed by atoms with van der Waals surface area (Å²) in [5.41, 5.74) is 1.63. The number of hydrogen-bond acceptors (Lipinski definition) is 2. The van der Waals surface area contributed by atoms with Crippen LogP contribution in [0.5, 0.6) is 0 Å². The highest BCUT2D eigenvalue weighted by molar-refractivity contribution is 5.94. The molecule has 1 N–H and O–H groups in total. The van der Waals surface area contributed by atoms with Crippen LogP contribution in [0, 0.1) is 5.82 Å². The first-order valence-electron chi connectivity index (χ1n) is 7.51. The normalized spacial score (nSPS) is 15.8. The molecule has 0 radical (unpaired) electrons. The Morgan fingerprint density at radius 3 is 2.50 bits per heavy atom. The predicted octanol–water partition coefficient (Wildman–Crippen LogP) is 0.762. The minimum atomic E-state index is -0.318. The highest BCUT2D eigenvalue weighted by Crippen LogP contribution is 2.07. The zero-order valence-electron chi connectivity index (χ0n) is 12.3. The van der Waals surface area contributed by atoms with Crippen molar-refractivity contribution < 1.29 is 14.1 Å². The van der Waals surface area contributed by atoms with Crippen LogP contribution in [0.2, 0.25) is 0 Å². The van der Waals surface area contributed by atoms with Crippen molar-refractivity contribution in [3.8, 4) is 0 Å². The number of halogens is 1. The third-order valence-corrected chi connectivity index (χ3v) is 4.01. The van der Waals surface area contributed by atoms with Crippen molar-refractivity contribution >= 4 is 5.91 Å². The van der Waals surface area contributed by atoms with Gasteiger partial charge in [-0.25, -0.2) is 4.39 Å². The number of piperazine rings is 1. The predicted molar refractivity (Wildman–Crippen MR) is 80.9 cm³/mol.